The summed E-state index contributed by atoms with van der Waals surface area (Å²) in [5, 5.41) is 2.38. The minimum Gasteiger partial charge on any atom is -0.294 e. The molecule has 0 aliphatic carbocycles. The van der Waals surface area contributed by atoms with Crippen LogP contribution >= 0.6 is 7.92 Å². The van der Waals surface area contributed by atoms with Gasteiger partial charge in [0.05, 0.1) is 0 Å². The van der Waals surface area contributed by atoms with Crippen molar-refractivity contribution >= 4 is 47.0 Å². The van der Waals surface area contributed by atoms with E-state index in [9.17, 15) is 19.2 Å². The van der Waals surface area contributed by atoms with Gasteiger partial charge < -0.3 is 0 Å². The van der Waals surface area contributed by atoms with Crippen molar-refractivity contribution in [1.82, 2.24) is 0 Å². The van der Waals surface area contributed by atoms with Gasteiger partial charge in [-0.15, -0.1) is 0 Å². The highest BCUT2D eigenvalue weighted by Crippen LogP contribution is 2.38. The molecule has 0 fully saturated rings. The number of aryl methyl sites for hydroxylation is 1. The molecule has 32 heavy (non-hydrogen) atoms. The van der Waals surface area contributed by atoms with Crippen molar-refractivity contribution < 1.29 is 19.2 Å². The lowest BCUT2D eigenvalue weighted by atomic mass is 10.0. The van der Waals surface area contributed by atoms with Crippen LogP contribution in [0.15, 0.2) is 60.7 Å². The van der Waals surface area contributed by atoms with Crippen LogP contribution in [0.3, 0.4) is 0 Å². The summed E-state index contributed by atoms with van der Waals surface area (Å²) in [6.45, 7) is 7.77. The van der Waals surface area contributed by atoms with Gasteiger partial charge in [-0.25, -0.2) is 0 Å². The highest BCUT2D eigenvalue weighted by molar-refractivity contribution is 7.80. The van der Waals surface area contributed by atoms with Crippen LogP contribution in [0.5, 0.6) is 0 Å². The molecule has 0 aliphatic rings. The van der Waals surface area contributed by atoms with Crippen molar-refractivity contribution in [3.05, 3.63) is 88.5 Å². The van der Waals surface area contributed by atoms with Gasteiger partial charge in [0, 0.05) is 22.3 Å². The molecule has 3 rings (SSSR count). The lowest BCUT2D eigenvalue weighted by Crippen LogP contribution is -2.31. The molecule has 0 aliphatic heterocycles. The SMILES string of the molecule is CC(=O)c1cccc(P(c2ccccc2C)c2cccc(C(C)=O)c2C(C)=O)c1C(C)=O. The Hall–Kier alpha value is -3.23. The van der Waals surface area contributed by atoms with Crippen LogP contribution in [0.4, 0.5) is 0 Å². The van der Waals surface area contributed by atoms with Crippen LogP contribution in [0, 0.1) is 6.92 Å². The summed E-state index contributed by atoms with van der Waals surface area (Å²) in [5.74, 6) is -0.805. The predicted molar refractivity (Wildman–Crippen MR) is 130 cm³/mol. The van der Waals surface area contributed by atoms with E-state index in [1.54, 1.807) is 24.3 Å². The summed E-state index contributed by atoms with van der Waals surface area (Å²) >= 11 is 0. The fourth-order valence-corrected chi connectivity index (χ4v) is 6.90. The number of Topliss-reactive ketones (excluding diaryl/α,β-unsaturated/α-hetero) is 4. The number of ketones is 4. The number of hydrogen-bond donors (Lipinski definition) is 0. The Kier molecular flexibility index (Phi) is 6.96. The van der Waals surface area contributed by atoms with Gasteiger partial charge in [-0.3, -0.25) is 19.2 Å². The fourth-order valence-electron chi connectivity index (χ4n) is 3.98. The monoisotopic (exact) mass is 444 g/mol. The normalized spacial score (nSPS) is 10.8. The first kappa shape index (κ1) is 23.4. The van der Waals surface area contributed by atoms with Crippen molar-refractivity contribution in [1.29, 1.82) is 0 Å². The number of rotatable bonds is 7. The Morgan fingerprint density at radius 1 is 0.531 bits per heavy atom. The molecule has 0 atom stereocenters. The zero-order valence-corrected chi connectivity index (χ0v) is 19.7. The number of benzene rings is 3. The van der Waals surface area contributed by atoms with Crippen LogP contribution in [0.25, 0.3) is 0 Å². The number of carbonyl (C=O) groups is 4. The first-order chi connectivity index (χ1) is 15.1. The highest BCUT2D eigenvalue weighted by Gasteiger charge is 2.29. The Morgan fingerprint density at radius 2 is 0.938 bits per heavy atom. The van der Waals surface area contributed by atoms with Crippen molar-refractivity contribution in [2.24, 2.45) is 0 Å². The van der Waals surface area contributed by atoms with Crippen LogP contribution in [-0.4, -0.2) is 23.1 Å². The Morgan fingerprint density at radius 3 is 1.31 bits per heavy atom. The van der Waals surface area contributed by atoms with Crippen molar-refractivity contribution in [3.63, 3.8) is 0 Å². The quantitative estimate of drug-likeness (QED) is 0.396. The Bertz CT molecular complexity index is 1180. The molecule has 3 aromatic carbocycles. The average Bonchev–Trinajstić information content (AvgIpc) is 2.74. The van der Waals surface area contributed by atoms with Gasteiger partial charge in [0.1, 0.15) is 0 Å². The molecule has 0 bridgehead atoms. The van der Waals surface area contributed by atoms with E-state index in [1.807, 2.05) is 43.3 Å². The molecule has 162 valence electrons. The third-order valence-electron chi connectivity index (χ3n) is 5.39. The molecule has 0 saturated heterocycles. The van der Waals surface area contributed by atoms with Gasteiger partial charge in [-0.2, -0.15) is 0 Å². The third-order valence-corrected chi connectivity index (χ3v) is 8.08. The topological polar surface area (TPSA) is 68.3 Å². The summed E-state index contributed by atoms with van der Waals surface area (Å²) in [6, 6.07) is 18.4. The molecule has 0 spiro atoms. The minimum atomic E-state index is -1.40. The zero-order valence-electron chi connectivity index (χ0n) is 18.9. The standard InChI is InChI=1S/C27H25O4P/c1-16-10-6-7-13-23(16)32(24-14-8-11-21(17(2)28)26(24)19(4)30)25-15-9-12-22(18(3)29)27(25)20(5)31/h6-15H,1-5H3. The lowest BCUT2D eigenvalue weighted by molar-refractivity contribution is 0.0981. The summed E-state index contributed by atoms with van der Waals surface area (Å²) in [5.41, 5.74) is 2.48. The van der Waals surface area contributed by atoms with E-state index in [4.69, 9.17) is 0 Å². The second-order valence-corrected chi connectivity index (χ2v) is 9.86. The van der Waals surface area contributed by atoms with Gasteiger partial charge in [0.2, 0.25) is 0 Å². The van der Waals surface area contributed by atoms with Gasteiger partial charge in [-0.1, -0.05) is 60.7 Å². The van der Waals surface area contributed by atoms with Gasteiger partial charge in [0.15, 0.2) is 23.1 Å². The minimum absolute atomic E-state index is 0.193. The summed E-state index contributed by atoms with van der Waals surface area (Å²) in [4.78, 5) is 50.3. The molecule has 0 radical (unpaired) electrons. The molecule has 0 N–H and O–H groups in total. The average molecular weight is 444 g/mol. The van der Waals surface area contributed by atoms with Crippen LogP contribution in [0.1, 0.15) is 74.7 Å². The van der Waals surface area contributed by atoms with E-state index in [0.717, 1.165) is 10.9 Å². The molecule has 3 aromatic rings. The van der Waals surface area contributed by atoms with Crippen LogP contribution in [-0.2, 0) is 0 Å². The maximum atomic E-state index is 12.8. The maximum absolute atomic E-state index is 12.8. The van der Waals surface area contributed by atoms with Gasteiger partial charge in [-0.05, 0) is 64.0 Å². The summed E-state index contributed by atoms with van der Waals surface area (Å²) in [6.07, 6.45) is 0. The molecule has 0 amide bonds. The van der Waals surface area contributed by atoms with Gasteiger partial charge >= 0.3 is 0 Å². The van der Waals surface area contributed by atoms with Crippen molar-refractivity contribution in [2.45, 2.75) is 34.6 Å². The second-order valence-electron chi connectivity index (χ2n) is 7.75. The smallest absolute Gasteiger partial charge is 0.161 e. The Balaban J connectivity index is 2.50. The number of carbonyl (C=O) groups excluding carboxylic acids is 4. The highest BCUT2D eigenvalue weighted by atomic mass is 31.1. The van der Waals surface area contributed by atoms with E-state index in [-0.39, 0.29) is 23.1 Å². The maximum Gasteiger partial charge on any atom is 0.161 e. The molecule has 4 nitrogen and oxygen atoms in total. The van der Waals surface area contributed by atoms with E-state index in [0.29, 0.717) is 32.9 Å². The summed E-state index contributed by atoms with van der Waals surface area (Å²) < 4.78 is 0. The van der Waals surface area contributed by atoms with E-state index < -0.39 is 7.92 Å². The number of hydrogen-bond acceptors (Lipinski definition) is 4. The molecular weight excluding hydrogens is 419 g/mol. The largest absolute Gasteiger partial charge is 0.294 e. The van der Waals surface area contributed by atoms with Crippen LogP contribution in [0.2, 0.25) is 0 Å². The molecule has 0 heterocycles. The molecule has 0 saturated carbocycles. The lowest BCUT2D eigenvalue weighted by Gasteiger charge is -2.26. The fraction of sp³-hybridized carbons (Fsp3) is 0.185. The molecular formula is C27H25O4P. The zero-order chi connectivity index (χ0) is 23.6. The van der Waals surface area contributed by atoms with Crippen molar-refractivity contribution in [2.75, 3.05) is 0 Å². The molecule has 5 heteroatoms. The summed E-state index contributed by atoms with van der Waals surface area (Å²) in [7, 11) is -1.40. The van der Waals surface area contributed by atoms with E-state index in [2.05, 4.69) is 0 Å². The predicted octanol–water partition coefficient (Wildman–Crippen LogP) is 4.56. The molecule has 0 unspecified atom stereocenters. The van der Waals surface area contributed by atoms with Crippen LogP contribution < -0.4 is 15.9 Å². The first-order valence-corrected chi connectivity index (χ1v) is 11.6. The Labute approximate surface area is 189 Å². The molecule has 0 aromatic heterocycles. The van der Waals surface area contributed by atoms with E-state index in [1.165, 1.54) is 27.7 Å². The van der Waals surface area contributed by atoms with E-state index >= 15 is 0 Å². The first-order valence-electron chi connectivity index (χ1n) is 10.3. The van der Waals surface area contributed by atoms with Crippen molar-refractivity contribution in [3.8, 4) is 0 Å². The third kappa shape index (κ3) is 4.37. The second kappa shape index (κ2) is 9.50. The van der Waals surface area contributed by atoms with Gasteiger partial charge in [0.25, 0.3) is 0 Å².